The predicted octanol–water partition coefficient (Wildman–Crippen LogP) is 2.18. The van der Waals surface area contributed by atoms with Crippen LogP contribution in [0.15, 0.2) is 22.7 Å². The summed E-state index contributed by atoms with van der Waals surface area (Å²) in [7, 11) is 0. The van der Waals surface area contributed by atoms with Crippen LogP contribution in [0.4, 0.5) is 0 Å². The van der Waals surface area contributed by atoms with E-state index in [1.807, 2.05) is 6.07 Å². The maximum absolute atomic E-state index is 11.1. The fraction of sp³-hybridized carbons (Fsp3) is 0.231. The Morgan fingerprint density at radius 3 is 2.79 bits per heavy atom. The molecule has 0 aromatic carbocycles. The van der Waals surface area contributed by atoms with Crippen LogP contribution in [0.25, 0.3) is 11.6 Å². The normalized spacial score (nSPS) is 14.1. The van der Waals surface area contributed by atoms with Crippen LogP contribution in [0, 0.1) is 11.3 Å². The smallest absolute Gasteiger partial charge is 0.373 e. The van der Waals surface area contributed by atoms with Gasteiger partial charge in [0.05, 0.1) is 11.3 Å². The number of aromatic nitrogens is 2. The quantitative estimate of drug-likeness (QED) is 0.902. The number of nitrogens with zero attached hydrogens (tertiary/aromatic N) is 3. The second-order valence-corrected chi connectivity index (χ2v) is 4.36. The van der Waals surface area contributed by atoms with Gasteiger partial charge in [0.2, 0.25) is 11.7 Å². The van der Waals surface area contributed by atoms with Gasteiger partial charge in [0, 0.05) is 12.1 Å². The molecule has 0 bridgehead atoms. The second-order valence-electron chi connectivity index (χ2n) is 4.36. The lowest BCUT2D eigenvalue weighted by atomic mass is 10.2. The molecule has 0 spiro atoms. The molecule has 1 saturated carbocycles. The summed E-state index contributed by atoms with van der Waals surface area (Å²) in [6, 6.07) is 5.14. The minimum absolute atomic E-state index is 0.108. The van der Waals surface area contributed by atoms with E-state index in [0.29, 0.717) is 17.0 Å². The monoisotopic (exact) mass is 255 g/mol. The zero-order chi connectivity index (χ0) is 13.4. The van der Waals surface area contributed by atoms with Gasteiger partial charge in [0.15, 0.2) is 0 Å². The maximum Gasteiger partial charge on any atom is 0.373 e. The number of hydrogen-bond acceptors (Lipinski definition) is 5. The summed E-state index contributed by atoms with van der Waals surface area (Å²) in [6.45, 7) is 0. The number of carboxylic acid groups (broad SMARTS) is 1. The molecule has 19 heavy (non-hydrogen) atoms. The molecule has 0 unspecified atom stereocenters. The Bertz CT molecular complexity index is 678. The SMILES string of the molecule is N#Cc1ccc(-c2nc(C3CC3)c(C(=O)O)o2)nc1. The summed E-state index contributed by atoms with van der Waals surface area (Å²) >= 11 is 0. The van der Waals surface area contributed by atoms with E-state index in [1.54, 1.807) is 12.1 Å². The Morgan fingerprint density at radius 1 is 1.47 bits per heavy atom. The average molecular weight is 255 g/mol. The maximum atomic E-state index is 11.1. The lowest BCUT2D eigenvalue weighted by Crippen LogP contribution is -1.98. The standard InChI is InChI=1S/C13H9N3O3/c14-5-7-1-4-9(15-6-7)12-16-10(8-2-3-8)11(19-12)13(17)18/h1,4,6,8H,2-3H2,(H,17,18). The molecule has 0 aliphatic heterocycles. The molecule has 0 atom stereocenters. The Kier molecular flexibility index (Phi) is 2.53. The van der Waals surface area contributed by atoms with Crippen molar-refractivity contribution in [3.8, 4) is 17.7 Å². The molecule has 1 fully saturated rings. The highest BCUT2D eigenvalue weighted by Gasteiger charge is 2.33. The number of rotatable bonds is 3. The molecule has 0 saturated heterocycles. The van der Waals surface area contributed by atoms with Crippen molar-refractivity contribution in [2.45, 2.75) is 18.8 Å². The molecule has 1 N–H and O–H groups in total. The van der Waals surface area contributed by atoms with Crippen molar-refractivity contribution in [2.24, 2.45) is 0 Å². The van der Waals surface area contributed by atoms with Crippen molar-refractivity contribution in [3.63, 3.8) is 0 Å². The van der Waals surface area contributed by atoms with Gasteiger partial charge in [-0.05, 0) is 25.0 Å². The van der Waals surface area contributed by atoms with Gasteiger partial charge < -0.3 is 9.52 Å². The van der Waals surface area contributed by atoms with Crippen LogP contribution in [0.1, 0.15) is 40.6 Å². The minimum Gasteiger partial charge on any atom is -0.475 e. The topological polar surface area (TPSA) is 100 Å². The van der Waals surface area contributed by atoms with Gasteiger partial charge in [-0.15, -0.1) is 0 Å². The molecule has 6 nitrogen and oxygen atoms in total. The molecule has 0 radical (unpaired) electrons. The summed E-state index contributed by atoms with van der Waals surface area (Å²) in [5.74, 6) is -0.858. The van der Waals surface area contributed by atoms with E-state index in [4.69, 9.17) is 14.8 Å². The third-order valence-corrected chi connectivity index (χ3v) is 2.92. The Labute approximate surface area is 108 Å². The third kappa shape index (κ3) is 2.06. The second kappa shape index (κ2) is 4.21. The molecule has 6 heteroatoms. The van der Waals surface area contributed by atoms with Gasteiger partial charge in [-0.25, -0.2) is 14.8 Å². The molecule has 2 aromatic heterocycles. The fourth-order valence-corrected chi connectivity index (χ4v) is 1.81. The zero-order valence-corrected chi connectivity index (χ0v) is 9.83. The molecule has 3 rings (SSSR count). The number of hydrogen-bond donors (Lipinski definition) is 1. The fourth-order valence-electron chi connectivity index (χ4n) is 1.81. The first-order chi connectivity index (χ1) is 9.19. The summed E-state index contributed by atoms with van der Waals surface area (Å²) in [5, 5.41) is 17.8. The molecule has 0 amide bonds. The summed E-state index contributed by atoms with van der Waals surface area (Å²) in [6.07, 6.45) is 3.27. The van der Waals surface area contributed by atoms with Crippen LogP contribution in [0.2, 0.25) is 0 Å². The van der Waals surface area contributed by atoms with E-state index in [9.17, 15) is 4.79 Å². The highest BCUT2D eigenvalue weighted by molar-refractivity contribution is 5.86. The molecule has 1 aliphatic carbocycles. The first kappa shape index (κ1) is 11.4. The largest absolute Gasteiger partial charge is 0.475 e. The van der Waals surface area contributed by atoms with Crippen LogP contribution >= 0.6 is 0 Å². The van der Waals surface area contributed by atoms with Crippen LogP contribution in [-0.2, 0) is 0 Å². The summed E-state index contributed by atoms with van der Waals surface area (Å²) in [5.41, 5.74) is 1.35. The number of nitriles is 1. The molecule has 2 heterocycles. The number of carboxylic acids is 1. The van der Waals surface area contributed by atoms with Crippen molar-refractivity contribution < 1.29 is 14.3 Å². The number of oxazole rings is 1. The van der Waals surface area contributed by atoms with E-state index in [2.05, 4.69) is 9.97 Å². The van der Waals surface area contributed by atoms with Gasteiger partial charge in [0.1, 0.15) is 11.8 Å². The highest BCUT2D eigenvalue weighted by Crippen LogP contribution is 2.42. The van der Waals surface area contributed by atoms with Crippen molar-refractivity contribution >= 4 is 5.97 Å². The van der Waals surface area contributed by atoms with Gasteiger partial charge in [-0.1, -0.05) is 0 Å². The first-order valence-corrected chi connectivity index (χ1v) is 5.79. The molecule has 1 aliphatic rings. The van der Waals surface area contributed by atoms with Gasteiger partial charge >= 0.3 is 5.97 Å². The molecular formula is C13H9N3O3. The lowest BCUT2D eigenvalue weighted by molar-refractivity contribution is 0.0661. The van der Waals surface area contributed by atoms with Crippen molar-refractivity contribution in [2.75, 3.05) is 0 Å². The van der Waals surface area contributed by atoms with Gasteiger partial charge in [-0.3, -0.25) is 0 Å². The van der Waals surface area contributed by atoms with E-state index in [0.717, 1.165) is 12.8 Å². The summed E-state index contributed by atoms with van der Waals surface area (Å²) in [4.78, 5) is 19.4. The summed E-state index contributed by atoms with van der Waals surface area (Å²) < 4.78 is 5.28. The van der Waals surface area contributed by atoms with E-state index in [-0.39, 0.29) is 17.6 Å². The van der Waals surface area contributed by atoms with Gasteiger partial charge in [-0.2, -0.15) is 5.26 Å². The van der Waals surface area contributed by atoms with Crippen molar-refractivity contribution in [1.82, 2.24) is 9.97 Å². The Morgan fingerprint density at radius 2 is 2.26 bits per heavy atom. The van der Waals surface area contributed by atoms with E-state index >= 15 is 0 Å². The minimum atomic E-state index is -1.12. The van der Waals surface area contributed by atoms with Gasteiger partial charge in [0.25, 0.3) is 0 Å². The van der Waals surface area contributed by atoms with Crippen molar-refractivity contribution in [3.05, 3.63) is 35.3 Å². The molecule has 2 aromatic rings. The van der Waals surface area contributed by atoms with Crippen LogP contribution in [-0.4, -0.2) is 21.0 Å². The molecular weight excluding hydrogens is 246 g/mol. The van der Waals surface area contributed by atoms with Crippen LogP contribution in [0.5, 0.6) is 0 Å². The zero-order valence-electron chi connectivity index (χ0n) is 9.83. The Balaban J connectivity index is 2.02. The van der Waals surface area contributed by atoms with E-state index in [1.165, 1.54) is 6.20 Å². The Hall–Kier alpha value is -2.68. The lowest BCUT2D eigenvalue weighted by Gasteiger charge is -1.93. The number of carbonyl (C=O) groups is 1. The predicted molar refractivity (Wildman–Crippen MR) is 63.4 cm³/mol. The van der Waals surface area contributed by atoms with E-state index < -0.39 is 5.97 Å². The van der Waals surface area contributed by atoms with Crippen LogP contribution < -0.4 is 0 Å². The van der Waals surface area contributed by atoms with Crippen LogP contribution in [0.3, 0.4) is 0 Å². The third-order valence-electron chi connectivity index (χ3n) is 2.92. The average Bonchev–Trinajstić information content (AvgIpc) is 3.17. The van der Waals surface area contributed by atoms with Crippen molar-refractivity contribution in [1.29, 1.82) is 5.26 Å². The first-order valence-electron chi connectivity index (χ1n) is 5.79. The highest BCUT2D eigenvalue weighted by atomic mass is 16.4. The number of pyridine rings is 1. The molecule has 94 valence electrons. The number of aromatic carboxylic acids is 1.